The number of pyridine rings is 1. The van der Waals surface area contributed by atoms with Gasteiger partial charge in [-0.05, 0) is 24.1 Å². The van der Waals surface area contributed by atoms with E-state index in [4.69, 9.17) is 0 Å². The fourth-order valence-electron chi connectivity index (χ4n) is 2.87. The van der Waals surface area contributed by atoms with Crippen LogP contribution in [0.1, 0.15) is 28.8 Å². The van der Waals surface area contributed by atoms with Crippen LogP contribution in [0.25, 0.3) is 0 Å². The predicted molar refractivity (Wildman–Crippen MR) is 86.5 cm³/mol. The lowest BCUT2D eigenvalue weighted by Gasteiger charge is -2.26. The van der Waals surface area contributed by atoms with Crippen LogP contribution in [0.3, 0.4) is 0 Å². The minimum atomic E-state index is -1.36. The Labute approximate surface area is 147 Å². The van der Waals surface area contributed by atoms with Gasteiger partial charge in [0.05, 0.1) is 5.56 Å². The number of hydrogen-bond donors (Lipinski definition) is 1. The number of benzene rings is 1. The Hall–Kier alpha value is -2.90. The molecule has 5 nitrogen and oxygen atoms in total. The van der Waals surface area contributed by atoms with Crippen LogP contribution in [-0.2, 0) is 11.3 Å². The highest BCUT2D eigenvalue weighted by Gasteiger charge is 2.28. The molecule has 0 aliphatic carbocycles. The number of nitrogens with zero attached hydrogens (tertiary/aromatic N) is 2. The molecule has 8 heteroatoms. The predicted octanol–water partition coefficient (Wildman–Crippen LogP) is 2.42. The molecule has 0 radical (unpaired) electrons. The molecule has 2 aromatic rings. The second kappa shape index (κ2) is 7.55. The second-order valence-electron chi connectivity index (χ2n) is 6.10. The molecule has 136 valence electrons. The first-order valence-electron chi connectivity index (χ1n) is 8.06. The van der Waals surface area contributed by atoms with E-state index in [-0.39, 0.29) is 25.0 Å². The average Bonchev–Trinajstić information content (AvgIpc) is 3.03. The Morgan fingerprint density at radius 3 is 2.65 bits per heavy atom. The maximum Gasteiger partial charge on any atom is 0.257 e. The second-order valence-corrected chi connectivity index (χ2v) is 6.10. The summed E-state index contributed by atoms with van der Waals surface area (Å²) in [6.45, 7) is 0.218. The molecule has 1 fully saturated rings. The topological polar surface area (TPSA) is 62.3 Å². The molecule has 3 rings (SSSR count). The maximum atomic E-state index is 14.0. The zero-order valence-corrected chi connectivity index (χ0v) is 13.7. The molecule has 0 spiro atoms. The smallest absolute Gasteiger partial charge is 0.257 e. The fraction of sp³-hybridized carbons (Fsp3) is 0.278. The lowest BCUT2D eigenvalue weighted by Crippen LogP contribution is -2.41. The largest absolute Gasteiger partial charge is 0.352 e. The van der Waals surface area contributed by atoms with Crippen LogP contribution in [0.4, 0.5) is 13.2 Å². The summed E-state index contributed by atoms with van der Waals surface area (Å²) in [6, 6.07) is 4.05. The number of nitrogens with one attached hydrogen (secondary N) is 1. The molecule has 1 saturated heterocycles. The van der Waals surface area contributed by atoms with Crippen molar-refractivity contribution in [2.24, 2.45) is 0 Å². The average molecular weight is 363 g/mol. The van der Waals surface area contributed by atoms with Gasteiger partial charge in [0, 0.05) is 44.0 Å². The first-order valence-corrected chi connectivity index (χ1v) is 8.06. The maximum absolute atomic E-state index is 14.0. The monoisotopic (exact) mass is 363 g/mol. The molecular weight excluding hydrogens is 347 g/mol. The minimum Gasteiger partial charge on any atom is -0.352 e. The van der Waals surface area contributed by atoms with Gasteiger partial charge in [-0.3, -0.25) is 14.6 Å². The van der Waals surface area contributed by atoms with E-state index in [1.807, 2.05) is 0 Å². The number of carbonyl (C=O) groups excluding carboxylic acids is 2. The number of carbonyl (C=O) groups is 2. The number of halogens is 3. The Morgan fingerprint density at radius 1 is 1.23 bits per heavy atom. The molecule has 1 N–H and O–H groups in total. The summed E-state index contributed by atoms with van der Waals surface area (Å²) in [6.07, 6.45) is 4.01. The van der Waals surface area contributed by atoms with Gasteiger partial charge in [0.2, 0.25) is 5.91 Å². The van der Waals surface area contributed by atoms with Crippen molar-refractivity contribution in [2.45, 2.75) is 25.4 Å². The third-order valence-corrected chi connectivity index (χ3v) is 4.15. The van der Waals surface area contributed by atoms with E-state index >= 15 is 0 Å². The van der Waals surface area contributed by atoms with Crippen LogP contribution in [-0.4, -0.2) is 34.3 Å². The molecule has 26 heavy (non-hydrogen) atoms. The molecule has 2 amide bonds. The SMILES string of the molecule is O=C1CC[C@@H](CN(Cc2cccnc2)C(=O)c2cc(F)c(F)cc2F)N1. The summed E-state index contributed by atoms with van der Waals surface area (Å²) < 4.78 is 40.7. The van der Waals surface area contributed by atoms with Gasteiger partial charge in [0.25, 0.3) is 5.91 Å². The van der Waals surface area contributed by atoms with Gasteiger partial charge in [0.1, 0.15) is 5.82 Å². The molecule has 0 saturated carbocycles. The molecule has 1 aliphatic rings. The van der Waals surface area contributed by atoms with Crippen LogP contribution < -0.4 is 5.32 Å². The number of amides is 2. The quantitative estimate of drug-likeness (QED) is 0.830. The Kier molecular flexibility index (Phi) is 5.20. The number of aromatic nitrogens is 1. The van der Waals surface area contributed by atoms with Crippen molar-refractivity contribution >= 4 is 11.8 Å². The fourth-order valence-corrected chi connectivity index (χ4v) is 2.87. The molecule has 1 aliphatic heterocycles. The highest BCUT2D eigenvalue weighted by molar-refractivity contribution is 5.94. The van der Waals surface area contributed by atoms with Crippen molar-refractivity contribution in [1.82, 2.24) is 15.2 Å². The van der Waals surface area contributed by atoms with Gasteiger partial charge in [-0.25, -0.2) is 13.2 Å². The van der Waals surface area contributed by atoms with E-state index in [0.29, 0.717) is 30.5 Å². The van der Waals surface area contributed by atoms with Crippen LogP contribution in [0.5, 0.6) is 0 Å². The molecule has 1 atom stereocenters. The molecular formula is C18H16F3N3O2. The summed E-state index contributed by atoms with van der Waals surface area (Å²) in [7, 11) is 0. The van der Waals surface area contributed by atoms with Gasteiger partial charge < -0.3 is 10.2 Å². The lowest BCUT2D eigenvalue weighted by atomic mass is 10.1. The Morgan fingerprint density at radius 2 is 2.00 bits per heavy atom. The van der Waals surface area contributed by atoms with Crippen molar-refractivity contribution < 1.29 is 22.8 Å². The summed E-state index contributed by atoms with van der Waals surface area (Å²) in [5, 5.41) is 2.74. The third-order valence-electron chi connectivity index (χ3n) is 4.15. The summed E-state index contributed by atoms with van der Waals surface area (Å²) >= 11 is 0. The van der Waals surface area contributed by atoms with E-state index < -0.39 is 28.9 Å². The molecule has 1 aromatic carbocycles. The van der Waals surface area contributed by atoms with Gasteiger partial charge >= 0.3 is 0 Å². The van der Waals surface area contributed by atoms with E-state index in [2.05, 4.69) is 10.3 Å². The standard InChI is InChI=1S/C18H16F3N3O2/c19-14-7-16(21)15(20)6-13(14)18(26)24(9-11-2-1-5-22-8-11)10-12-3-4-17(25)23-12/h1-2,5-8,12H,3-4,9-10H2,(H,23,25)/t12-/m0/s1. The first kappa shape index (κ1) is 17.9. The van der Waals surface area contributed by atoms with Gasteiger partial charge in [0.15, 0.2) is 11.6 Å². The van der Waals surface area contributed by atoms with Crippen LogP contribution >= 0.6 is 0 Å². The molecule has 0 unspecified atom stereocenters. The molecule has 1 aromatic heterocycles. The first-order chi connectivity index (χ1) is 12.4. The molecule has 0 bridgehead atoms. The van der Waals surface area contributed by atoms with Crippen LogP contribution in [0.15, 0.2) is 36.7 Å². The van der Waals surface area contributed by atoms with Crippen molar-refractivity contribution in [2.75, 3.05) is 6.54 Å². The zero-order chi connectivity index (χ0) is 18.7. The van der Waals surface area contributed by atoms with Gasteiger partial charge in [-0.15, -0.1) is 0 Å². The van der Waals surface area contributed by atoms with Crippen LogP contribution in [0.2, 0.25) is 0 Å². The molecule has 2 heterocycles. The summed E-state index contributed by atoms with van der Waals surface area (Å²) in [4.78, 5) is 29.4. The van der Waals surface area contributed by atoms with Gasteiger partial charge in [-0.1, -0.05) is 6.07 Å². The van der Waals surface area contributed by atoms with Crippen molar-refractivity contribution in [3.63, 3.8) is 0 Å². The Balaban J connectivity index is 1.87. The summed E-state index contributed by atoms with van der Waals surface area (Å²) in [5.74, 6) is -4.71. The van der Waals surface area contributed by atoms with E-state index in [9.17, 15) is 22.8 Å². The minimum absolute atomic E-state index is 0.0947. The van der Waals surface area contributed by atoms with E-state index in [0.717, 1.165) is 0 Å². The van der Waals surface area contributed by atoms with Crippen molar-refractivity contribution in [3.8, 4) is 0 Å². The Bertz CT molecular complexity index is 830. The van der Waals surface area contributed by atoms with Gasteiger partial charge in [-0.2, -0.15) is 0 Å². The van der Waals surface area contributed by atoms with Crippen molar-refractivity contribution in [3.05, 3.63) is 65.2 Å². The lowest BCUT2D eigenvalue weighted by molar-refractivity contribution is -0.119. The van der Waals surface area contributed by atoms with Crippen molar-refractivity contribution in [1.29, 1.82) is 0 Å². The normalized spacial score (nSPS) is 16.4. The highest BCUT2D eigenvalue weighted by Crippen LogP contribution is 2.19. The number of rotatable bonds is 5. The van der Waals surface area contributed by atoms with E-state index in [1.54, 1.807) is 24.5 Å². The number of hydrogen-bond acceptors (Lipinski definition) is 3. The summed E-state index contributed by atoms with van der Waals surface area (Å²) in [5.41, 5.74) is 0.130. The van der Waals surface area contributed by atoms with Crippen LogP contribution in [0, 0.1) is 17.5 Å². The zero-order valence-electron chi connectivity index (χ0n) is 13.7. The van der Waals surface area contributed by atoms with E-state index in [1.165, 1.54) is 4.90 Å². The third kappa shape index (κ3) is 4.01. The highest BCUT2D eigenvalue weighted by atomic mass is 19.2.